The van der Waals surface area contributed by atoms with Crippen LogP contribution in [0.25, 0.3) is 11.1 Å². The normalized spacial score (nSPS) is 13.4. The van der Waals surface area contributed by atoms with Gasteiger partial charge in [0, 0.05) is 12.1 Å². The van der Waals surface area contributed by atoms with Crippen LogP contribution in [0.3, 0.4) is 0 Å². The van der Waals surface area contributed by atoms with Crippen molar-refractivity contribution in [1.29, 1.82) is 5.26 Å². The largest absolute Gasteiger partial charge is 0.496 e. The molecular weight excluding hydrogens is 248 g/mol. The molecule has 3 nitrogen and oxygen atoms in total. The number of nitrogens with zero attached hydrogens (tertiary/aromatic N) is 1. The van der Waals surface area contributed by atoms with E-state index in [1.165, 1.54) is 16.7 Å². The molecule has 1 aliphatic heterocycles. The van der Waals surface area contributed by atoms with Crippen LogP contribution < -0.4 is 10.1 Å². The molecule has 100 valence electrons. The minimum Gasteiger partial charge on any atom is -0.496 e. The van der Waals surface area contributed by atoms with Crippen LogP contribution in [0.2, 0.25) is 0 Å². The number of nitrogens with one attached hydrogen (secondary N) is 1. The minimum absolute atomic E-state index is 0.619. The predicted molar refractivity (Wildman–Crippen MR) is 78.6 cm³/mol. The predicted octanol–water partition coefficient (Wildman–Crippen LogP) is 2.88. The lowest BCUT2D eigenvalue weighted by Gasteiger charge is -2.21. The fourth-order valence-corrected chi connectivity index (χ4v) is 2.75. The fourth-order valence-electron chi connectivity index (χ4n) is 2.75. The Morgan fingerprint density at radius 3 is 2.90 bits per heavy atom. The number of hydrogen-bond acceptors (Lipinski definition) is 3. The lowest BCUT2D eigenvalue weighted by atomic mass is 9.91. The highest BCUT2D eigenvalue weighted by Crippen LogP contribution is 2.35. The third kappa shape index (κ3) is 2.15. The zero-order valence-electron chi connectivity index (χ0n) is 11.4. The van der Waals surface area contributed by atoms with Crippen molar-refractivity contribution in [1.82, 2.24) is 5.32 Å². The second kappa shape index (κ2) is 5.36. The molecule has 0 aliphatic carbocycles. The van der Waals surface area contributed by atoms with Gasteiger partial charge in [-0.2, -0.15) is 5.26 Å². The molecule has 3 rings (SSSR count). The van der Waals surface area contributed by atoms with E-state index in [1.807, 2.05) is 12.1 Å². The van der Waals surface area contributed by atoms with E-state index in [4.69, 9.17) is 10.00 Å². The van der Waals surface area contributed by atoms with Crippen molar-refractivity contribution in [3.8, 4) is 22.9 Å². The van der Waals surface area contributed by atoms with Crippen molar-refractivity contribution >= 4 is 0 Å². The van der Waals surface area contributed by atoms with E-state index in [2.05, 4.69) is 29.6 Å². The van der Waals surface area contributed by atoms with Gasteiger partial charge in [-0.05, 0) is 47.9 Å². The molecule has 0 fully saturated rings. The molecule has 0 saturated heterocycles. The Balaban J connectivity index is 2.16. The highest BCUT2D eigenvalue weighted by atomic mass is 16.5. The molecule has 0 amide bonds. The molecule has 0 spiro atoms. The first kappa shape index (κ1) is 12.7. The molecule has 1 N–H and O–H groups in total. The molecule has 1 heterocycles. The maximum atomic E-state index is 9.00. The van der Waals surface area contributed by atoms with Gasteiger partial charge in [-0.1, -0.05) is 18.2 Å². The van der Waals surface area contributed by atoms with E-state index in [-0.39, 0.29) is 0 Å². The number of nitriles is 1. The number of rotatable bonds is 2. The third-order valence-electron chi connectivity index (χ3n) is 3.77. The number of fused-ring (bicyclic) bond motifs is 1. The molecule has 0 bridgehead atoms. The van der Waals surface area contributed by atoms with E-state index >= 15 is 0 Å². The van der Waals surface area contributed by atoms with Crippen molar-refractivity contribution < 1.29 is 4.74 Å². The second-order valence-electron chi connectivity index (χ2n) is 4.90. The van der Waals surface area contributed by atoms with Crippen LogP contribution in [-0.2, 0) is 13.0 Å². The summed E-state index contributed by atoms with van der Waals surface area (Å²) in [7, 11) is 1.65. The van der Waals surface area contributed by atoms with Gasteiger partial charge in [0.15, 0.2) is 0 Å². The Hall–Kier alpha value is -2.31. The molecule has 0 aromatic heterocycles. The summed E-state index contributed by atoms with van der Waals surface area (Å²) >= 11 is 0. The van der Waals surface area contributed by atoms with Gasteiger partial charge in [-0.25, -0.2) is 0 Å². The summed E-state index contributed by atoms with van der Waals surface area (Å²) in [4.78, 5) is 0. The van der Waals surface area contributed by atoms with E-state index in [0.29, 0.717) is 5.56 Å². The molecule has 2 aromatic carbocycles. The smallest absolute Gasteiger partial charge is 0.128 e. The van der Waals surface area contributed by atoms with Gasteiger partial charge >= 0.3 is 0 Å². The summed E-state index contributed by atoms with van der Waals surface area (Å²) in [5.74, 6) is 0.753. The van der Waals surface area contributed by atoms with E-state index in [0.717, 1.165) is 30.8 Å². The highest BCUT2D eigenvalue weighted by Gasteiger charge is 2.16. The van der Waals surface area contributed by atoms with Crippen molar-refractivity contribution in [2.75, 3.05) is 13.7 Å². The molecule has 0 atom stereocenters. The van der Waals surface area contributed by atoms with Gasteiger partial charge in [-0.15, -0.1) is 0 Å². The third-order valence-corrected chi connectivity index (χ3v) is 3.77. The first-order chi connectivity index (χ1) is 9.83. The summed E-state index contributed by atoms with van der Waals surface area (Å²) in [6.45, 7) is 1.91. The summed E-state index contributed by atoms with van der Waals surface area (Å²) < 4.78 is 5.46. The van der Waals surface area contributed by atoms with Crippen molar-refractivity contribution in [2.24, 2.45) is 0 Å². The molecule has 0 radical (unpaired) electrons. The summed E-state index contributed by atoms with van der Waals surface area (Å²) in [5.41, 5.74) is 5.59. The van der Waals surface area contributed by atoms with Gasteiger partial charge in [-0.3, -0.25) is 0 Å². The SMILES string of the molecule is COc1cc(C#N)ccc1-c1cccc2c1CNCC2. The van der Waals surface area contributed by atoms with Gasteiger partial charge in [0.1, 0.15) is 5.75 Å². The molecular formula is C17H16N2O. The molecule has 0 saturated carbocycles. The number of hydrogen-bond donors (Lipinski definition) is 1. The van der Waals surface area contributed by atoms with Crippen LogP contribution in [-0.4, -0.2) is 13.7 Å². The molecule has 20 heavy (non-hydrogen) atoms. The van der Waals surface area contributed by atoms with Crippen LogP contribution >= 0.6 is 0 Å². The van der Waals surface area contributed by atoms with Gasteiger partial charge in [0.25, 0.3) is 0 Å². The standard InChI is InChI=1S/C17H16N2O/c1-20-17-9-12(10-18)5-6-15(17)14-4-2-3-13-7-8-19-11-16(13)14/h2-6,9,19H,7-8,11H2,1H3. The fraction of sp³-hybridized carbons (Fsp3) is 0.235. The minimum atomic E-state index is 0.619. The molecule has 1 aliphatic rings. The van der Waals surface area contributed by atoms with Crippen molar-refractivity contribution in [3.05, 3.63) is 53.1 Å². The van der Waals surface area contributed by atoms with Crippen LogP contribution in [0, 0.1) is 11.3 Å². The topological polar surface area (TPSA) is 45.0 Å². The van der Waals surface area contributed by atoms with Crippen LogP contribution in [0.4, 0.5) is 0 Å². The summed E-state index contributed by atoms with van der Waals surface area (Å²) in [6.07, 6.45) is 1.06. The average molecular weight is 264 g/mol. The molecule has 0 unspecified atom stereocenters. The Labute approximate surface area is 118 Å². The van der Waals surface area contributed by atoms with E-state index in [9.17, 15) is 0 Å². The number of benzene rings is 2. The molecule has 3 heteroatoms. The van der Waals surface area contributed by atoms with Crippen molar-refractivity contribution in [2.45, 2.75) is 13.0 Å². The summed E-state index contributed by atoms with van der Waals surface area (Å²) in [6, 6.07) is 14.2. The Bertz CT molecular complexity index is 686. The van der Waals surface area contributed by atoms with E-state index < -0.39 is 0 Å². The quantitative estimate of drug-likeness (QED) is 0.907. The average Bonchev–Trinajstić information content (AvgIpc) is 2.53. The number of ether oxygens (including phenoxy) is 1. The van der Waals surface area contributed by atoms with Crippen molar-refractivity contribution in [3.63, 3.8) is 0 Å². The van der Waals surface area contributed by atoms with Crippen LogP contribution in [0.5, 0.6) is 5.75 Å². The highest BCUT2D eigenvalue weighted by molar-refractivity contribution is 5.75. The zero-order chi connectivity index (χ0) is 13.9. The van der Waals surface area contributed by atoms with Gasteiger partial charge in [0.05, 0.1) is 18.7 Å². The number of methoxy groups -OCH3 is 1. The second-order valence-corrected chi connectivity index (χ2v) is 4.90. The van der Waals surface area contributed by atoms with Crippen LogP contribution in [0.15, 0.2) is 36.4 Å². The maximum absolute atomic E-state index is 9.00. The van der Waals surface area contributed by atoms with Gasteiger partial charge in [0.2, 0.25) is 0 Å². The zero-order valence-corrected chi connectivity index (χ0v) is 11.4. The maximum Gasteiger partial charge on any atom is 0.128 e. The van der Waals surface area contributed by atoms with Crippen LogP contribution in [0.1, 0.15) is 16.7 Å². The monoisotopic (exact) mass is 264 g/mol. The molecule has 2 aromatic rings. The van der Waals surface area contributed by atoms with Gasteiger partial charge < -0.3 is 10.1 Å². The first-order valence-corrected chi connectivity index (χ1v) is 6.73. The lowest BCUT2D eigenvalue weighted by Crippen LogP contribution is -2.24. The summed E-state index contributed by atoms with van der Waals surface area (Å²) in [5, 5.41) is 12.4. The Morgan fingerprint density at radius 2 is 2.10 bits per heavy atom. The first-order valence-electron chi connectivity index (χ1n) is 6.73. The lowest BCUT2D eigenvalue weighted by molar-refractivity contribution is 0.416. The Morgan fingerprint density at radius 1 is 1.20 bits per heavy atom. The van der Waals surface area contributed by atoms with E-state index in [1.54, 1.807) is 13.2 Å². The Kier molecular flexibility index (Phi) is 3.41.